The Labute approximate surface area is 179 Å². The van der Waals surface area contributed by atoms with Crippen LogP contribution in [-0.4, -0.2) is 0 Å². The number of benzene rings is 4. The van der Waals surface area contributed by atoms with Gasteiger partial charge in [-0.05, 0) is 57.6 Å². The van der Waals surface area contributed by atoms with Crippen molar-refractivity contribution in [1.29, 1.82) is 0 Å². The van der Waals surface area contributed by atoms with Crippen LogP contribution in [-0.2, 0) is 5.41 Å². The summed E-state index contributed by atoms with van der Waals surface area (Å²) in [5, 5.41) is 3.56. The summed E-state index contributed by atoms with van der Waals surface area (Å²) in [4.78, 5) is 0. The van der Waals surface area contributed by atoms with Crippen molar-refractivity contribution >= 4 is 43.1 Å². The summed E-state index contributed by atoms with van der Waals surface area (Å²) in [5.41, 5.74) is 7.66. The van der Waals surface area contributed by atoms with Crippen LogP contribution in [0.3, 0.4) is 0 Å². The Balaban J connectivity index is 1.65. The van der Waals surface area contributed by atoms with Crippen LogP contribution in [0.15, 0.2) is 78.9 Å². The highest BCUT2D eigenvalue weighted by molar-refractivity contribution is 7.25. The number of halogens is 1. The zero-order valence-electron chi connectivity index (χ0n) is 16.3. The standard InChI is InChI=1S/C27H19ClS/c1-27(2)21-14-13-16(15-20(21)18-9-5-10-22(28)26(18)27)17-8-6-12-24-25(17)19-7-3-4-11-23(19)29-24/h3-15H,1-2H3. The fraction of sp³-hybridized carbons (Fsp3) is 0.111. The lowest BCUT2D eigenvalue weighted by molar-refractivity contribution is 0.660. The SMILES string of the molecule is CC1(C)c2ccc(-c3cccc4sc5ccccc5c34)cc2-c2cccc(Cl)c21. The first-order valence-electron chi connectivity index (χ1n) is 9.90. The molecule has 140 valence electrons. The molecule has 1 aliphatic carbocycles. The maximum Gasteiger partial charge on any atom is 0.0453 e. The molecule has 1 heterocycles. The largest absolute Gasteiger partial charge is 0.135 e. The van der Waals surface area contributed by atoms with E-state index >= 15 is 0 Å². The molecular weight excluding hydrogens is 392 g/mol. The normalized spacial score (nSPS) is 14.3. The Morgan fingerprint density at radius 2 is 1.48 bits per heavy atom. The van der Waals surface area contributed by atoms with Crippen LogP contribution < -0.4 is 0 Å². The summed E-state index contributed by atoms with van der Waals surface area (Å²) >= 11 is 8.50. The molecule has 0 nitrogen and oxygen atoms in total. The van der Waals surface area contributed by atoms with Gasteiger partial charge in [0.2, 0.25) is 0 Å². The lowest BCUT2D eigenvalue weighted by atomic mass is 9.82. The summed E-state index contributed by atoms with van der Waals surface area (Å²) in [6.45, 7) is 4.55. The third kappa shape index (κ3) is 2.32. The second kappa shape index (κ2) is 5.95. The number of hydrogen-bond donors (Lipinski definition) is 0. The Morgan fingerprint density at radius 3 is 2.38 bits per heavy atom. The van der Waals surface area contributed by atoms with E-state index in [9.17, 15) is 0 Å². The highest BCUT2D eigenvalue weighted by Crippen LogP contribution is 2.52. The van der Waals surface area contributed by atoms with Crippen LogP contribution in [0, 0.1) is 0 Å². The Hall–Kier alpha value is -2.61. The number of rotatable bonds is 1. The minimum absolute atomic E-state index is 0.0807. The van der Waals surface area contributed by atoms with E-state index in [0.29, 0.717) is 0 Å². The maximum absolute atomic E-state index is 6.63. The maximum atomic E-state index is 6.63. The Bertz CT molecular complexity index is 1440. The second-order valence-electron chi connectivity index (χ2n) is 8.32. The van der Waals surface area contributed by atoms with Crippen molar-refractivity contribution in [2.75, 3.05) is 0 Å². The molecule has 0 aliphatic heterocycles. The van der Waals surface area contributed by atoms with Crippen LogP contribution in [0.5, 0.6) is 0 Å². The van der Waals surface area contributed by atoms with E-state index in [4.69, 9.17) is 11.6 Å². The molecule has 5 aromatic rings. The average molecular weight is 411 g/mol. The molecule has 0 unspecified atom stereocenters. The van der Waals surface area contributed by atoms with Gasteiger partial charge in [0.05, 0.1) is 0 Å². The lowest BCUT2D eigenvalue weighted by Crippen LogP contribution is -2.15. The Kier molecular flexibility index (Phi) is 3.54. The molecule has 1 aromatic heterocycles. The molecular formula is C27H19ClS. The number of hydrogen-bond acceptors (Lipinski definition) is 1. The zero-order chi connectivity index (χ0) is 19.8. The first kappa shape index (κ1) is 17.3. The summed E-state index contributed by atoms with van der Waals surface area (Å²) in [6.07, 6.45) is 0. The zero-order valence-corrected chi connectivity index (χ0v) is 17.9. The quantitative estimate of drug-likeness (QED) is 0.259. The molecule has 0 bridgehead atoms. The minimum Gasteiger partial charge on any atom is -0.135 e. The van der Waals surface area contributed by atoms with E-state index in [1.807, 2.05) is 17.4 Å². The molecule has 0 saturated carbocycles. The molecule has 4 aromatic carbocycles. The summed E-state index contributed by atoms with van der Waals surface area (Å²) in [5.74, 6) is 0. The molecule has 0 fully saturated rings. The summed E-state index contributed by atoms with van der Waals surface area (Å²) in [6, 6.07) is 28.6. The van der Waals surface area contributed by atoms with E-state index in [1.165, 1.54) is 53.6 Å². The predicted molar refractivity (Wildman–Crippen MR) is 127 cm³/mol. The average Bonchev–Trinajstić information content (AvgIpc) is 3.21. The van der Waals surface area contributed by atoms with Crippen LogP contribution >= 0.6 is 22.9 Å². The van der Waals surface area contributed by atoms with Gasteiger partial charge < -0.3 is 0 Å². The van der Waals surface area contributed by atoms with Gasteiger partial charge in [0, 0.05) is 30.6 Å². The van der Waals surface area contributed by atoms with E-state index in [1.54, 1.807) is 0 Å². The number of thiophene rings is 1. The van der Waals surface area contributed by atoms with Gasteiger partial charge in [-0.25, -0.2) is 0 Å². The van der Waals surface area contributed by atoms with Gasteiger partial charge in [0.1, 0.15) is 0 Å². The van der Waals surface area contributed by atoms with E-state index < -0.39 is 0 Å². The fourth-order valence-corrected chi connectivity index (χ4v) is 6.56. The predicted octanol–water partition coefficient (Wildman–Crippen LogP) is 8.68. The molecule has 0 saturated heterocycles. The van der Waals surface area contributed by atoms with Crippen molar-refractivity contribution in [2.45, 2.75) is 19.3 Å². The van der Waals surface area contributed by atoms with Crippen molar-refractivity contribution in [1.82, 2.24) is 0 Å². The van der Waals surface area contributed by atoms with Gasteiger partial charge in [0.15, 0.2) is 0 Å². The van der Waals surface area contributed by atoms with Gasteiger partial charge in [-0.1, -0.05) is 80.0 Å². The summed E-state index contributed by atoms with van der Waals surface area (Å²) < 4.78 is 2.68. The number of fused-ring (bicyclic) bond motifs is 6. The molecule has 2 heteroatoms. The van der Waals surface area contributed by atoms with Gasteiger partial charge >= 0.3 is 0 Å². The molecule has 0 N–H and O–H groups in total. The van der Waals surface area contributed by atoms with Gasteiger partial charge in [0.25, 0.3) is 0 Å². The molecule has 1 aliphatic rings. The summed E-state index contributed by atoms with van der Waals surface area (Å²) in [7, 11) is 0. The molecule has 0 atom stereocenters. The van der Waals surface area contributed by atoms with E-state index in [-0.39, 0.29) is 5.41 Å². The first-order chi connectivity index (χ1) is 14.1. The van der Waals surface area contributed by atoms with Crippen LogP contribution in [0.2, 0.25) is 5.02 Å². The third-order valence-corrected chi connectivity index (χ3v) is 7.79. The van der Waals surface area contributed by atoms with Crippen LogP contribution in [0.25, 0.3) is 42.4 Å². The van der Waals surface area contributed by atoms with Crippen molar-refractivity contribution in [3.8, 4) is 22.3 Å². The van der Waals surface area contributed by atoms with E-state index in [2.05, 4.69) is 86.6 Å². The van der Waals surface area contributed by atoms with Crippen molar-refractivity contribution in [2.24, 2.45) is 0 Å². The van der Waals surface area contributed by atoms with Gasteiger partial charge in [-0.2, -0.15) is 0 Å². The molecule has 0 spiro atoms. The molecule has 6 rings (SSSR count). The molecule has 29 heavy (non-hydrogen) atoms. The third-order valence-electron chi connectivity index (χ3n) is 6.34. The highest BCUT2D eigenvalue weighted by atomic mass is 35.5. The monoisotopic (exact) mass is 410 g/mol. The fourth-order valence-electron chi connectivity index (χ4n) is 5.01. The highest BCUT2D eigenvalue weighted by Gasteiger charge is 2.37. The van der Waals surface area contributed by atoms with Crippen LogP contribution in [0.1, 0.15) is 25.0 Å². The van der Waals surface area contributed by atoms with Crippen LogP contribution in [0.4, 0.5) is 0 Å². The lowest BCUT2D eigenvalue weighted by Gasteiger charge is -2.22. The van der Waals surface area contributed by atoms with Gasteiger partial charge in [-0.3, -0.25) is 0 Å². The minimum atomic E-state index is -0.0807. The second-order valence-corrected chi connectivity index (χ2v) is 9.82. The topological polar surface area (TPSA) is 0 Å². The smallest absolute Gasteiger partial charge is 0.0453 e. The first-order valence-corrected chi connectivity index (χ1v) is 11.1. The van der Waals surface area contributed by atoms with Crippen molar-refractivity contribution < 1.29 is 0 Å². The Morgan fingerprint density at radius 1 is 0.724 bits per heavy atom. The van der Waals surface area contributed by atoms with Crippen molar-refractivity contribution in [3.63, 3.8) is 0 Å². The molecule has 0 radical (unpaired) electrons. The van der Waals surface area contributed by atoms with E-state index in [0.717, 1.165) is 5.02 Å². The van der Waals surface area contributed by atoms with Crippen molar-refractivity contribution in [3.05, 3.63) is 95.0 Å². The van der Waals surface area contributed by atoms with Gasteiger partial charge in [-0.15, -0.1) is 11.3 Å². The molecule has 0 amide bonds.